The first-order chi connectivity index (χ1) is 25.0. The number of esters is 2. The van der Waals surface area contributed by atoms with Crippen LogP contribution in [0.25, 0.3) is 0 Å². The molecule has 0 aromatic rings. The van der Waals surface area contributed by atoms with Crippen molar-refractivity contribution in [1.29, 1.82) is 0 Å². The number of carbonyl (C=O) groups is 2. The van der Waals surface area contributed by atoms with Crippen molar-refractivity contribution in [3.8, 4) is 0 Å². The Morgan fingerprint density at radius 2 is 1.10 bits per heavy atom. The SMILES string of the molecule is CCCCCCCC/C=C\CCCCCCC[14C](=O)O[C@H](COC(=O)CCCCCCCCCCCCCCC)COP(=O)(O)OCC[N+](C)(C)C. The quantitative estimate of drug-likeness (QED) is 0.0217. The van der Waals surface area contributed by atoms with Gasteiger partial charge in [0, 0.05) is 12.8 Å². The van der Waals surface area contributed by atoms with E-state index in [1.165, 1.54) is 109 Å². The lowest BCUT2D eigenvalue weighted by Gasteiger charge is -2.24. The maximum absolute atomic E-state index is 12.7. The number of carbonyl (C=O) groups excluding carboxylic acids is 2. The summed E-state index contributed by atoms with van der Waals surface area (Å²) >= 11 is 0. The Labute approximate surface area is 320 Å². The minimum Gasteiger partial charge on any atom is -0.462 e. The minimum absolute atomic E-state index is 0.0331. The van der Waals surface area contributed by atoms with Gasteiger partial charge in [0.1, 0.15) is 19.8 Å². The minimum atomic E-state index is -4.37. The van der Waals surface area contributed by atoms with Gasteiger partial charge in [0.15, 0.2) is 6.10 Å². The molecule has 0 heterocycles. The molecule has 0 aliphatic carbocycles. The number of phosphoric ester groups is 1. The molecular formula is C42H83NO8P+. The zero-order chi connectivity index (χ0) is 38.6. The second kappa shape index (κ2) is 35.5. The summed E-state index contributed by atoms with van der Waals surface area (Å²) < 4.78 is 34.3. The summed E-state index contributed by atoms with van der Waals surface area (Å²) in [5, 5.41) is 0. The second-order valence-electron chi connectivity index (χ2n) is 15.7. The molecule has 0 aromatic heterocycles. The van der Waals surface area contributed by atoms with Crippen LogP contribution in [0.5, 0.6) is 0 Å². The maximum atomic E-state index is 12.7. The predicted octanol–water partition coefficient (Wildman–Crippen LogP) is 11.8. The van der Waals surface area contributed by atoms with Crippen LogP contribution in [0.15, 0.2) is 12.2 Å². The molecule has 1 unspecified atom stereocenters. The van der Waals surface area contributed by atoms with E-state index < -0.39 is 26.5 Å². The average Bonchev–Trinajstić information content (AvgIpc) is 3.09. The van der Waals surface area contributed by atoms with Gasteiger partial charge in [0.25, 0.3) is 0 Å². The van der Waals surface area contributed by atoms with E-state index in [0.29, 0.717) is 23.9 Å². The topological polar surface area (TPSA) is 108 Å². The first-order valence-corrected chi connectivity index (χ1v) is 22.9. The molecular weight excluding hydrogens is 679 g/mol. The molecule has 0 bridgehead atoms. The van der Waals surface area contributed by atoms with E-state index in [4.69, 9.17) is 18.5 Å². The normalized spacial score (nSPS) is 13.7. The van der Waals surface area contributed by atoms with Gasteiger partial charge >= 0.3 is 19.8 Å². The summed E-state index contributed by atoms with van der Waals surface area (Å²) in [6.07, 6.45) is 35.3. The summed E-state index contributed by atoms with van der Waals surface area (Å²) in [6.45, 7) is 4.42. The fourth-order valence-electron chi connectivity index (χ4n) is 5.89. The molecule has 308 valence electrons. The van der Waals surface area contributed by atoms with Crippen LogP contribution < -0.4 is 0 Å². The number of allylic oxidation sites excluding steroid dienone is 2. The van der Waals surface area contributed by atoms with E-state index in [-0.39, 0.29) is 25.6 Å². The lowest BCUT2D eigenvalue weighted by molar-refractivity contribution is -0.870. The number of rotatable bonds is 39. The van der Waals surface area contributed by atoms with Gasteiger partial charge in [0.2, 0.25) is 0 Å². The van der Waals surface area contributed by atoms with Gasteiger partial charge in [-0.3, -0.25) is 18.6 Å². The third kappa shape index (κ3) is 38.5. The predicted molar refractivity (Wildman–Crippen MR) is 215 cm³/mol. The van der Waals surface area contributed by atoms with Crippen molar-refractivity contribution in [3.05, 3.63) is 12.2 Å². The highest BCUT2D eigenvalue weighted by atomic mass is 31.2. The van der Waals surface area contributed by atoms with Crippen LogP contribution in [0, 0.1) is 0 Å². The number of hydrogen-bond donors (Lipinski definition) is 1. The number of hydrogen-bond acceptors (Lipinski definition) is 7. The first kappa shape index (κ1) is 50.8. The Bertz CT molecular complexity index is 907. The van der Waals surface area contributed by atoms with Gasteiger partial charge in [-0.15, -0.1) is 0 Å². The number of ether oxygens (including phenoxy) is 2. The number of likely N-dealkylation sites (N-methyl/N-ethyl adjacent to an activating group) is 1. The van der Waals surface area contributed by atoms with Crippen molar-refractivity contribution in [1.82, 2.24) is 0 Å². The number of nitrogens with zero attached hydrogens (tertiary/aromatic N) is 1. The second-order valence-corrected chi connectivity index (χ2v) is 17.2. The molecule has 1 N–H and O–H groups in total. The lowest BCUT2D eigenvalue weighted by Crippen LogP contribution is -2.37. The van der Waals surface area contributed by atoms with Crippen molar-refractivity contribution >= 4 is 19.8 Å². The smallest absolute Gasteiger partial charge is 0.462 e. The fraction of sp³-hybridized carbons (Fsp3) is 0.905. The van der Waals surface area contributed by atoms with Crippen molar-refractivity contribution in [2.24, 2.45) is 0 Å². The van der Waals surface area contributed by atoms with E-state index in [1.807, 2.05) is 21.1 Å². The lowest BCUT2D eigenvalue weighted by atomic mass is 10.0. The third-order valence-corrected chi connectivity index (χ3v) is 10.3. The molecule has 0 saturated heterocycles. The van der Waals surface area contributed by atoms with Crippen LogP contribution in [-0.4, -0.2) is 74.9 Å². The Morgan fingerprint density at radius 1 is 0.654 bits per heavy atom. The molecule has 0 aliphatic rings. The van der Waals surface area contributed by atoms with Gasteiger partial charge in [-0.1, -0.05) is 154 Å². The molecule has 9 nitrogen and oxygen atoms in total. The monoisotopic (exact) mass is 763 g/mol. The van der Waals surface area contributed by atoms with Crippen LogP contribution in [-0.2, 0) is 32.7 Å². The summed E-state index contributed by atoms with van der Waals surface area (Å²) in [6, 6.07) is 0. The highest BCUT2D eigenvalue weighted by molar-refractivity contribution is 7.47. The van der Waals surface area contributed by atoms with Crippen molar-refractivity contribution in [2.45, 2.75) is 200 Å². The number of phosphoric acid groups is 1. The molecule has 0 saturated carbocycles. The van der Waals surface area contributed by atoms with Gasteiger partial charge in [-0.05, 0) is 38.5 Å². The largest absolute Gasteiger partial charge is 0.472 e. The van der Waals surface area contributed by atoms with Crippen molar-refractivity contribution < 1.29 is 42.1 Å². The fourth-order valence-corrected chi connectivity index (χ4v) is 6.63. The van der Waals surface area contributed by atoms with E-state index in [9.17, 15) is 19.0 Å². The summed E-state index contributed by atoms with van der Waals surface area (Å²) in [7, 11) is 1.48. The highest BCUT2D eigenvalue weighted by Gasteiger charge is 2.27. The van der Waals surface area contributed by atoms with Crippen LogP contribution >= 0.6 is 7.82 Å². The molecule has 0 rings (SSSR count). The zero-order valence-corrected chi connectivity index (χ0v) is 35.5. The molecule has 0 radical (unpaired) electrons. The summed E-state index contributed by atoms with van der Waals surface area (Å²) in [5.74, 6) is -0.801. The maximum Gasteiger partial charge on any atom is 0.472 e. The molecule has 10 heteroatoms. The van der Waals surface area contributed by atoms with E-state index >= 15 is 0 Å². The first-order valence-electron chi connectivity index (χ1n) is 21.4. The van der Waals surface area contributed by atoms with Gasteiger partial charge in [-0.25, -0.2) is 4.57 Å². The Kier molecular flexibility index (Phi) is 34.6. The molecule has 2 atom stereocenters. The average molecular weight is 763 g/mol. The standard InChI is InChI=1S/C42H82NO8P/c1-6-8-10-12-14-16-18-20-21-23-25-27-29-31-33-35-42(45)51-40(39-50-52(46,47)49-37-36-43(3,4)5)38-48-41(44)34-32-30-28-26-24-22-19-17-15-13-11-9-7-2/h20-21,40H,6-19,22-39H2,1-5H3/p+1/b21-20-/t40-/m1/s1/i42+2. The Balaban J connectivity index is 4.37. The van der Waals surface area contributed by atoms with Crippen molar-refractivity contribution in [3.63, 3.8) is 0 Å². The Morgan fingerprint density at radius 3 is 1.58 bits per heavy atom. The van der Waals surface area contributed by atoms with E-state index in [2.05, 4.69) is 26.0 Å². The molecule has 52 heavy (non-hydrogen) atoms. The van der Waals surface area contributed by atoms with Crippen LogP contribution in [0.3, 0.4) is 0 Å². The number of quaternary nitrogens is 1. The highest BCUT2D eigenvalue weighted by Crippen LogP contribution is 2.43. The van der Waals surface area contributed by atoms with Gasteiger partial charge < -0.3 is 18.9 Å². The van der Waals surface area contributed by atoms with Crippen molar-refractivity contribution in [2.75, 3.05) is 47.5 Å². The summed E-state index contributed by atoms with van der Waals surface area (Å²) in [5.41, 5.74) is 0. The van der Waals surface area contributed by atoms with Crippen LogP contribution in [0.2, 0.25) is 0 Å². The molecule has 0 aromatic carbocycles. The van der Waals surface area contributed by atoms with E-state index in [0.717, 1.165) is 51.4 Å². The van der Waals surface area contributed by atoms with Crippen LogP contribution in [0.1, 0.15) is 194 Å². The molecule has 0 spiro atoms. The zero-order valence-electron chi connectivity index (χ0n) is 34.6. The van der Waals surface area contributed by atoms with Gasteiger partial charge in [0.05, 0.1) is 27.7 Å². The number of unbranched alkanes of at least 4 members (excludes halogenated alkanes) is 23. The molecule has 0 fully saturated rings. The van der Waals surface area contributed by atoms with E-state index in [1.54, 1.807) is 0 Å². The summed E-state index contributed by atoms with van der Waals surface area (Å²) in [4.78, 5) is 35.3. The molecule has 0 amide bonds. The van der Waals surface area contributed by atoms with Crippen LogP contribution in [0.4, 0.5) is 0 Å². The van der Waals surface area contributed by atoms with Gasteiger partial charge in [-0.2, -0.15) is 0 Å². The molecule has 0 aliphatic heterocycles. The Hall–Kier alpha value is -1.25. The third-order valence-electron chi connectivity index (χ3n) is 9.30.